The molecule has 0 aromatic carbocycles. The van der Waals surface area contributed by atoms with Gasteiger partial charge < -0.3 is 25.4 Å². The van der Waals surface area contributed by atoms with Gasteiger partial charge in [0.15, 0.2) is 12.4 Å². The highest BCUT2D eigenvalue weighted by Crippen LogP contribution is 2.67. The number of carboxylic acid groups (broad SMARTS) is 1. The van der Waals surface area contributed by atoms with Crippen molar-refractivity contribution >= 4 is 29.4 Å². The van der Waals surface area contributed by atoms with Crippen molar-refractivity contribution in [2.45, 2.75) is 96.8 Å². The van der Waals surface area contributed by atoms with Gasteiger partial charge >= 0.3 is 11.9 Å². The van der Waals surface area contributed by atoms with Crippen LogP contribution < -0.4 is 5.32 Å². The Labute approximate surface area is 240 Å². The van der Waals surface area contributed by atoms with Gasteiger partial charge in [-0.15, -0.1) is 0 Å². The molecule has 0 aliphatic heterocycles. The van der Waals surface area contributed by atoms with E-state index in [0.717, 1.165) is 18.4 Å². The third-order valence-electron chi connectivity index (χ3n) is 10.8. The minimum atomic E-state index is -1.78. The van der Waals surface area contributed by atoms with Crippen LogP contribution in [0.5, 0.6) is 0 Å². The van der Waals surface area contributed by atoms with Crippen molar-refractivity contribution in [1.82, 2.24) is 5.32 Å². The summed E-state index contributed by atoms with van der Waals surface area (Å²) in [6.07, 6.45) is 6.76. The summed E-state index contributed by atoms with van der Waals surface area (Å²) in [5.41, 5.74) is -2.12. The molecule has 0 aromatic rings. The smallest absolute Gasteiger partial charge is 0.326 e. The van der Waals surface area contributed by atoms with Gasteiger partial charge in [-0.25, -0.2) is 4.79 Å². The zero-order valence-electron chi connectivity index (χ0n) is 24.4. The molecule has 0 radical (unpaired) electrons. The van der Waals surface area contributed by atoms with Gasteiger partial charge in [-0.1, -0.05) is 45.8 Å². The van der Waals surface area contributed by atoms with E-state index in [0.29, 0.717) is 12.8 Å². The van der Waals surface area contributed by atoms with Crippen molar-refractivity contribution in [2.75, 3.05) is 6.61 Å². The van der Waals surface area contributed by atoms with Gasteiger partial charge in [0.2, 0.25) is 11.7 Å². The van der Waals surface area contributed by atoms with Crippen LogP contribution in [0.3, 0.4) is 0 Å². The summed E-state index contributed by atoms with van der Waals surface area (Å²) in [6, 6.07) is -1.06. The van der Waals surface area contributed by atoms with Gasteiger partial charge in [0.25, 0.3) is 0 Å². The molecular weight excluding hydrogens is 530 g/mol. The predicted octanol–water partition coefficient (Wildman–Crippen LogP) is 2.50. The summed E-state index contributed by atoms with van der Waals surface area (Å²) in [4.78, 5) is 61.4. The Morgan fingerprint density at radius 2 is 1.88 bits per heavy atom. The van der Waals surface area contributed by atoms with Gasteiger partial charge in [0, 0.05) is 23.2 Å². The minimum absolute atomic E-state index is 0.0265. The van der Waals surface area contributed by atoms with Gasteiger partial charge in [-0.3, -0.25) is 19.2 Å². The number of allylic oxidation sites excluding steroid dienone is 4. The summed E-state index contributed by atoms with van der Waals surface area (Å²) < 4.78 is 5.15. The van der Waals surface area contributed by atoms with Crippen LogP contribution in [-0.2, 0) is 28.7 Å². The van der Waals surface area contributed by atoms with E-state index in [9.17, 15) is 39.3 Å². The SMILES string of the molecule is CC[C@@H](C)[C@@H](NC(=O)CCC(=O)OCC(=O)[C@@]1(O)CC[C@H]2[C@@H]3CCC4=CC(=O)C=C[C@]4(C)[C@@H]3[C@@H](O)C[C@@]21C)C(=O)O. The molecule has 10 nitrogen and oxygen atoms in total. The number of carboxylic acids is 1. The first-order chi connectivity index (χ1) is 19.2. The molecule has 10 heteroatoms. The van der Waals surface area contributed by atoms with Crippen molar-refractivity contribution in [1.29, 1.82) is 0 Å². The van der Waals surface area contributed by atoms with Crippen molar-refractivity contribution in [2.24, 2.45) is 34.5 Å². The molecule has 4 rings (SSSR count). The minimum Gasteiger partial charge on any atom is -0.480 e. The van der Waals surface area contributed by atoms with E-state index in [1.165, 1.54) is 0 Å². The largest absolute Gasteiger partial charge is 0.480 e. The number of carbonyl (C=O) groups is 5. The van der Waals surface area contributed by atoms with Crippen LogP contribution in [-0.4, -0.2) is 69.1 Å². The summed E-state index contributed by atoms with van der Waals surface area (Å²) in [6.45, 7) is 6.78. The second-order valence-corrected chi connectivity index (χ2v) is 13.0. The summed E-state index contributed by atoms with van der Waals surface area (Å²) in [7, 11) is 0. The Hall–Kier alpha value is -2.85. The van der Waals surface area contributed by atoms with E-state index in [1.54, 1.807) is 19.1 Å². The fraction of sp³-hybridized carbons (Fsp3) is 0.710. The Morgan fingerprint density at radius 1 is 1.17 bits per heavy atom. The molecule has 0 bridgehead atoms. The molecule has 0 saturated heterocycles. The zero-order valence-corrected chi connectivity index (χ0v) is 24.4. The fourth-order valence-corrected chi connectivity index (χ4v) is 8.27. The van der Waals surface area contributed by atoms with Crippen LogP contribution in [0.15, 0.2) is 23.8 Å². The highest BCUT2D eigenvalue weighted by molar-refractivity contribution is 6.01. The quantitative estimate of drug-likeness (QED) is 0.287. The van der Waals surface area contributed by atoms with Gasteiger partial charge in [0.05, 0.1) is 12.5 Å². The first kappa shape index (κ1) is 31.1. The van der Waals surface area contributed by atoms with E-state index in [2.05, 4.69) is 12.2 Å². The molecule has 3 saturated carbocycles. The first-order valence-corrected chi connectivity index (χ1v) is 14.7. The normalized spacial score (nSPS) is 37.1. The topological polar surface area (TPSA) is 167 Å². The van der Waals surface area contributed by atoms with E-state index in [1.807, 2.05) is 19.9 Å². The van der Waals surface area contributed by atoms with E-state index < -0.39 is 58.8 Å². The molecule has 41 heavy (non-hydrogen) atoms. The molecule has 226 valence electrons. The summed E-state index contributed by atoms with van der Waals surface area (Å²) in [5.74, 6) is -3.61. The molecule has 4 aliphatic rings. The highest BCUT2D eigenvalue weighted by Gasteiger charge is 2.68. The number of aliphatic hydroxyl groups excluding tert-OH is 1. The number of rotatable bonds is 10. The third kappa shape index (κ3) is 5.41. The van der Waals surface area contributed by atoms with Crippen molar-refractivity contribution in [3.63, 3.8) is 0 Å². The van der Waals surface area contributed by atoms with Crippen molar-refractivity contribution in [3.8, 4) is 0 Å². The molecule has 0 spiro atoms. The molecule has 9 atom stereocenters. The average Bonchev–Trinajstić information content (AvgIpc) is 3.19. The van der Waals surface area contributed by atoms with Gasteiger partial charge in [-0.2, -0.15) is 0 Å². The number of ether oxygens (including phenoxy) is 1. The summed E-state index contributed by atoms with van der Waals surface area (Å²) in [5, 5.41) is 35.0. The third-order valence-corrected chi connectivity index (χ3v) is 10.8. The number of amides is 1. The predicted molar refractivity (Wildman–Crippen MR) is 147 cm³/mol. The second kappa shape index (κ2) is 11.4. The maximum atomic E-state index is 13.4. The van der Waals surface area contributed by atoms with Crippen LogP contribution in [0.25, 0.3) is 0 Å². The number of carbonyl (C=O) groups excluding carboxylic acids is 4. The molecule has 1 amide bonds. The van der Waals surface area contributed by atoms with Crippen molar-refractivity contribution < 1.29 is 44.0 Å². The molecule has 4 N–H and O–H groups in total. The molecule has 0 unspecified atom stereocenters. The lowest BCUT2D eigenvalue weighted by Crippen LogP contribution is -2.61. The molecule has 3 fully saturated rings. The molecular formula is C31H43NO9. The monoisotopic (exact) mass is 573 g/mol. The average molecular weight is 574 g/mol. The fourth-order valence-electron chi connectivity index (χ4n) is 8.27. The van der Waals surface area contributed by atoms with Crippen LogP contribution in [0.4, 0.5) is 0 Å². The number of Topliss-reactive ketones (excluding diaryl/α,β-unsaturated/α-hetero) is 1. The standard InChI is InChI=1S/C31H43NO9/c1-5-17(2)27(28(38)39)32-24(36)8-9-25(37)41-16-23(35)31(40)13-11-21-20-7-6-18-14-19(33)10-12-29(18,3)26(20)22(34)15-30(21,31)4/h10,12,14,17,20-22,26-27,34,40H,5-9,11,13,15-16H2,1-4H3,(H,32,36)(H,38,39)/t17-,20+,21+,22+,26+,27-,29+,30+,31+/m1/s1. The Morgan fingerprint density at radius 3 is 2.54 bits per heavy atom. The number of hydrogen-bond donors (Lipinski definition) is 4. The van der Waals surface area contributed by atoms with E-state index >= 15 is 0 Å². The Balaban J connectivity index is 1.37. The van der Waals surface area contributed by atoms with Crippen LogP contribution in [0.2, 0.25) is 0 Å². The number of hydrogen-bond acceptors (Lipinski definition) is 8. The second-order valence-electron chi connectivity index (χ2n) is 13.0. The van der Waals surface area contributed by atoms with E-state index in [4.69, 9.17) is 4.74 Å². The number of fused-ring (bicyclic) bond motifs is 5. The molecule has 0 heterocycles. The van der Waals surface area contributed by atoms with E-state index in [-0.39, 0.29) is 55.1 Å². The number of aliphatic carboxylic acids is 1. The lowest BCUT2D eigenvalue weighted by atomic mass is 9.46. The number of ketones is 2. The lowest BCUT2D eigenvalue weighted by Gasteiger charge is -2.59. The highest BCUT2D eigenvalue weighted by atomic mass is 16.5. The Bertz CT molecular complexity index is 1180. The molecule has 4 aliphatic carbocycles. The Kier molecular flexibility index (Phi) is 8.67. The number of esters is 1. The maximum Gasteiger partial charge on any atom is 0.326 e. The lowest BCUT2D eigenvalue weighted by molar-refractivity contribution is -0.181. The van der Waals surface area contributed by atoms with Crippen LogP contribution in [0.1, 0.15) is 79.1 Å². The number of nitrogens with one attached hydrogen (secondary N) is 1. The van der Waals surface area contributed by atoms with Crippen LogP contribution >= 0.6 is 0 Å². The van der Waals surface area contributed by atoms with Gasteiger partial charge in [-0.05, 0) is 62.0 Å². The number of aliphatic hydroxyl groups is 2. The van der Waals surface area contributed by atoms with Gasteiger partial charge in [0.1, 0.15) is 11.6 Å². The summed E-state index contributed by atoms with van der Waals surface area (Å²) >= 11 is 0. The van der Waals surface area contributed by atoms with Crippen LogP contribution in [0, 0.1) is 34.5 Å². The molecule has 0 aromatic heterocycles. The maximum absolute atomic E-state index is 13.4. The zero-order chi connectivity index (χ0) is 30.3. The first-order valence-electron chi connectivity index (χ1n) is 14.7. The van der Waals surface area contributed by atoms with Crippen molar-refractivity contribution in [3.05, 3.63) is 23.8 Å².